The van der Waals surface area contributed by atoms with Gasteiger partial charge in [0.25, 0.3) is 5.91 Å². The fourth-order valence-electron chi connectivity index (χ4n) is 5.39. The topological polar surface area (TPSA) is 64.0 Å². The molecule has 5 rings (SSSR count). The SMILES string of the molecule is Cn1cc(C(=O)N2CCC[C@@](COc3ccc(Cl)cc3)(CC(=O)N3CCOCC3)C2)c2ccccc21. The van der Waals surface area contributed by atoms with Gasteiger partial charge in [0.05, 0.1) is 25.4 Å². The minimum atomic E-state index is -0.479. The number of para-hydroxylation sites is 1. The maximum absolute atomic E-state index is 13.8. The van der Waals surface area contributed by atoms with E-state index in [1.165, 1.54) is 0 Å². The van der Waals surface area contributed by atoms with Gasteiger partial charge in [0.15, 0.2) is 0 Å². The number of hydrogen-bond acceptors (Lipinski definition) is 4. The highest BCUT2D eigenvalue weighted by molar-refractivity contribution is 6.30. The third-order valence-corrected chi connectivity index (χ3v) is 7.58. The summed E-state index contributed by atoms with van der Waals surface area (Å²) in [5, 5.41) is 1.59. The number of ether oxygens (including phenoxy) is 2. The van der Waals surface area contributed by atoms with Gasteiger partial charge in [0.1, 0.15) is 5.75 Å². The predicted octanol–water partition coefficient (Wildman–Crippen LogP) is 4.38. The van der Waals surface area contributed by atoms with Crippen molar-refractivity contribution < 1.29 is 19.1 Å². The summed E-state index contributed by atoms with van der Waals surface area (Å²) >= 11 is 6.04. The summed E-state index contributed by atoms with van der Waals surface area (Å²) in [7, 11) is 1.96. The minimum Gasteiger partial charge on any atom is -0.493 e. The van der Waals surface area contributed by atoms with Crippen molar-refractivity contribution in [2.24, 2.45) is 12.5 Å². The van der Waals surface area contributed by atoms with Crippen LogP contribution in [-0.2, 0) is 16.6 Å². The number of likely N-dealkylation sites (tertiary alicyclic amines) is 1. The molecule has 0 N–H and O–H groups in total. The molecule has 8 heteroatoms. The van der Waals surface area contributed by atoms with Crippen molar-refractivity contribution in [3.05, 3.63) is 65.3 Å². The summed E-state index contributed by atoms with van der Waals surface area (Å²) in [6.07, 6.45) is 3.87. The van der Waals surface area contributed by atoms with Crippen LogP contribution >= 0.6 is 11.6 Å². The Morgan fingerprint density at radius 3 is 2.56 bits per heavy atom. The molecule has 0 bridgehead atoms. The highest BCUT2D eigenvalue weighted by Crippen LogP contribution is 2.36. The monoisotopic (exact) mass is 509 g/mol. The minimum absolute atomic E-state index is 0.00110. The third kappa shape index (κ3) is 5.22. The van der Waals surface area contributed by atoms with Gasteiger partial charge in [-0.25, -0.2) is 0 Å². The quantitative estimate of drug-likeness (QED) is 0.494. The lowest BCUT2D eigenvalue weighted by Crippen LogP contribution is -2.52. The Labute approximate surface area is 216 Å². The zero-order valence-electron chi connectivity index (χ0n) is 20.6. The molecule has 0 saturated carbocycles. The molecule has 190 valence electrons. The van der Waals surface area contributed by atoms with Crippen molar-refractivity contribution in [1.29, 1.82) is 0 Å². The standard InChI is InChI=1S/C28H32ClN3O4/c1-30-18-24(23-5-2-3-6-25(23)30)27(34)32-12-4-11-28(19-32,17-26(33)31-13-15-35-16-14-31)20-36-22-9-7-21(29)8-10-22/h2-3,5-10,18H,4,11-17,19-20H2,1H3/t28-/m1/s1. The maximum atomic E-state index is 13.8. The van der Waals surface area contributed by atoms with Crippen molar-refractivity contribution in [2.75, 3.05) is 46.0 Å². The first-order valence-electron chi connectivity index (χ1n) is 12.5. The number of aromatic nitrogens is 1. The first-order chi connectivity index (χ1) is 17.4. The van der Waals surface area contributed by atoms with Crippen LogP contribution in [0.2, 0.25) is 5.02 Å². The number of rotatable bonds is 6. The summed E-state index contributed by atoms with van der Waals surface area (Å²) in [5.41, 5.74) is 1.24. The van der Waals surface area contributed by atoms with Gasteiger partial charge in [-0.2, -0.15) is 0 Å². The molecule has 0 unspecified atom stereocenters. The Balaban J connectivity index is 1.39. The van der Waals surface area contributed by atoms with Crippen LogP contribution < -0.4 is 4.74 Å². The van der Waals surface area contributed by atoms with E-state index >= 15 is 0 Å². The van der Waals surface area contributed by atoms with Gasteiger partial charge in [0.2, 0.25) is 5.91 Å². The van der Waals surface area contributed by atoms with Crippen LogP contribution in [0.1, 0.15) is 29.6 Å². The van der Waals surface area contributed by atoms with E-state index in [1.54, 1.807) is 12.1 Å². The highest BCUT2D eigenvalue weighted by Gasteiger charge is 2.41. The van der Waals surface area contributed by atoms with E-state index in [0.29, 0.717) is 68.8 Å². The molecule has 2 aliphatic heterocycles. The molecule has 2 amide bonds. The second-order valence-electron chi connectivity index (χ2n) is 9.91. The van der Waals surface area contributed by atoms with Crippen LogP contribution in [0.4, 0.5) is 0 Å². The molecule has 3 aromatic rings. The molecule has 0 radical (unpaired) electrons. The number of nitrogens with zero attached hydrogens (tertiary/aromatic N) is 3. The smallest absolute Gasteiger partial charge is 0.256 e. The number of carbonyl (C=O) groups is 2. The van der Waals surface area contributed by atoms with Crippen molar-refractivity contribution in [3.8, 4) is 5.75 Å². The average Bonchev–Trinajstić information content (AvgIpc) is 3.25. The van der Waals surface area contributed by atoms with E-state index in [0.717, 1.165) is 23.7 Å². The summed E-state index contributed by atoms with van der Waals surface area (Å²) < 4.78 is 13.6. The summed E-state index contributed by atoms with van der Waals surface area (Å²) in [5.74, 6) is 0.800. The lowest BCUT2D eigenvalue weighted by Gasteiger charge is -2.43. The van der Waals surface area contributed by atoms with Gasteiger partial charge in [0, 0.05) is 67.2 Å². The first kappa shape index (κ1) is 24.7. The molecule has 3 heterocycles. The first-order valence-corrected chi connectivity index (χ1v) is 12.9. The normalized spacial score (nSPS) is 20.5. The zero-order chi connectivity index (χ0) is 25.1. The van der Waals surface area contributed by atoms with Crippen molar-refractivity contribution >= 4 is 34.3 Å². The lowest BCUT2D eigenvalue weighted by atomic mass is 9.77. The number of piperidine rings is 1. The average molecular weight is 510 g/mol. The number of benzene rings is 2. The number of halogens is 1. The molecule has 36 heavy (non-hydrogen) atoms. The van der Waals surface area contributed by atoms with Crippen molar-refractivity contribution in [3.63, 3.8) is 0 Å². The van der Waals surface area contributed by atoms with E-state index in [1.807, 2.05) is 64.0 Å². The molecule has 2 aliphatic rings. The van der Waals surface area contributed by atoms with Gasteiger partial charge in [-0.1, -0.05) is 29.8 Å². The van der Waals surface area contributed by atoms with Crippen LogP contribution in [0.25, 0.3) is 10.9 Å². The summed E-state index contributed by atoms with van der Waals surface area (Å²) in [4.78, 5) is 30.9. The Hall–Kier alpha value is -3.03. The number of hydrogen-bond donors (Lipinski definition) is 0. The number of morpholine rings is 1. The second-order valence-corrected chi connectivity index (χ2v) is 10.4. The fraction of sp³-hybridized carbons (Fsp3) is 0.429. The van der Waals surface area contributed by atoms with Gasteiger partial charge in [-0.15, -0.1) is 0 Å². The fourth-order valence-corrected chi connectivity index (χ4v) is 5.52. The van der Waals surface area contributed by atoms with Crippen molar-refractivity contribution in [2.45, 2.75) is 19.3 Å². The van der Waals surface area contributed by atoms with Crippen LogP contribution in [0, 0.1) is 5.41 Å². The van der Waals surface area contributed by atoms with E-state index in [2.05, 4.69) is 0 Å². The summed E-state index contributed by atoms with van der Waals surface area (Å²) in [6, 6.07) is 15.2. The number of fused-ring (bicyclic) bond motifs is 1. The highest BCUT2D eigenvalue weighted by atomic mass is 35.5. The Kier molecular flexibility index (Phi) is 7.21. The van der Waals surface area contributed by atoms with Crippen LogP contribution in [-0.4, -0.2) is 72.2 Å². The maximum Gasteiger partial charge on any atom is 0.256 e. The number of aryl methyl sites for hydroxylation is 1. The van der Waals surface area contributed by atoms with E-state index in [-0.39, 0.29) is 11.8 Å². The summed E-state index contributed by atoms with van der Waals surface area (Å²) in [6.45, 7) is 3.81. The van der Waals surface area contributed by atoms with Crippen molar-refractivity contribution in [1.82, 2.24) is 14.4 Å². The van der Waals surface area contributed by atoms with Gasteiger partial charge >= 0.3 is 0 Å². The molecule has 2 fully saturated rings. The van der Waals surface area contributed by atoms with Gasteiger partial charge in [-0.05, 0) is 43.2 Å². The molecular weight excluding hydrogens is 478 g/mol. The molecule has 0 aliphatic carbocycles. The van der Waals surface area contributed by atoms with E-state index in [9.17, 15) is 9.59 Å². The number of carbonyl (C=O) groups excluding carboxylic acids is 2. The molecule has 0 spiro atoms. The van der Waals surface area contributed by atoms with Crippen LogP contribution in [0.15, 0.2) is 54.7 Å². The van der Waals surface area contributed by atoms with Gasteiger partial charge < -0.3 is 23.8 Å². The molecule has 1 aromatic heterocycles. The van der Waals surface area contributed by atoms with Crippen LogP contribution in [0.3, 0.4) is 0 Å². The molecule has 2 saturated heterocycles. The van der Waals surface area contributed by atoms with E-state index < -0.39 is 5.41 Å². The number of amides is 2. The Morgan fingerprint density at radius 2 is 1.78 bits per heavy atom. The largest absolute Gasteiger partial charge is 0.493 e. The molecular formula is C28H32ClN3O4. The predicted molar refractivity (Wildman–Crippen MR) is 139 cm³/mol. The molecule has 1 atom stereocenters. The molecule has 2 aromatic carbocycles. The Bertz CT molecular complexity index is 1240. The van der Waals surface area contributed by atoms with Gasteiger partial charge in [-0.3, -0.25) is 9.59 Å². The lowest BCUT2D eigenvalue weighted by molar-refractivity contribution is -0.139. The van der Waals surface area contributed by atoms with E-state index in [4.69, 9.17) is 21.1 Å². The van der Waals surface area contributed by atoms with Crippen LogP contribution in [0.5, 0.6) is 5.75 Å². The second kappa shape index (κ2) is 10.5. The Morgan fingerprint density at radius 1 is 1.03 bits per heavy atom. The third-order valence-electron chi connectivity index (χ3n) is 7.32. The zero-order valence-corrected chi connectivity index (χ0v) is 21.4. The molecule has 7 nitrogen and oxygen atoms in total.